The van der Waals surface area contributed by atoms with Crippen LogP contribution in [0, 0.1) is 23.2 Å². The monoisotopic (exact) mass is 330 g/mol. The molecule has 1 aliphatic carbocycles. The Morgan fingerprint density at radius 1 is 0.875 bits per heavy atom. The van der Waals surface area contributed by atoms with Crippen molar-refractivity contribution >= 4 is 5.78 Å². The van der Waals surface area contributed by atoms with Gasteiger partial charge in [-0.05, 0) is 78.6 Å². The average Bonchev–Trinajstić information content (AvgIpc) is 2.44. The van der Waals surface area contributed by atoms with Crippen LogP contribution >= 0.6 is 0 Å². The maximum atomic E-state index is 13.2. The van der Waals surface area contributed by atoms with Gasteiger partial charge in [-0.1, -0.05) is 48.8 Å². The Kier molecular flexibility index (Phi) is 7.70. The highest BCUT2D eigenvalue weighted by Crippen LogP contribution is 2.49. The summed E-state index contributed by atoms with van der Waals surface area (Å²) in [7, 11) is 0. The van der Waals surface area contributed by atoms with Crippen LogP contribution in [0.3, 0.4) is 0 Å². The number of Topliss-reactive ketones (excluding diaryl/α,β-unsaturated/α-hetero) is 1. The molecule has 0 unspecified atom stereocenters. The molecule has 0 N–H and O–H groups in total. The molecule has 0 aromatic rings. The number of ketones is 1. The standard InChI is InChI=1S/C23H38O/c1-16(2)9-12-19-15-20(13-10-17(3)4)23(7,8)21(22(19)24)14-11-18(5)6/h9-11,19-21H,12-15H2,1-8H3/t19-,20-,21+/m0/s1. The maximum absolute atomic E-state index is 13.2. The van der Waals surface area contributed by atoms with Crippen molar-refractivity contribution in [3.05, 3.63) is 34.9 Å². The Morgan fingerprint density at radius 3 is 1.83 bits per heavy atom. The minimum Gasteiger partial charge on any atom is -0.299 e. The van der Waals surface area contributed by atoms with Crippen LogP contribution in [0.4, 0.5) is 0 Å². The van der Waals surface area contributed by atoms with E-state index in [-0.39, 0.29) is 17.3 Å². The molecule has 0 heterocycles. The topological polar surface area (TPSA) is 17.1 Å². The van der Waals surface area contributed by atoms with Gasteiger partial charge in [-0.25, -0.2) is 0 Å². The van der Waals surface area contributed by atoms with Crippen molar-refractivity contribution in [3.63, 3.8) is 0 Å². The molecular formula is C23H38O. The zero-order chi connectivity index (χ0) is 18.5. The molecule has 24 heavy (non-hydrogen) atoms. The van der Waals surface area contributed by atoms with Crippen LogP contribution in [0.5, 0.6) is 0 Å². The molecule has 0 radical (unpaired) electrons. The first kappa shape index (κ1) is 20.9. The third kappa shape index (κ3) is 5.76. The van der Waals surface area contributed by atoms with Gasteiger partial charge in [-0.3, -0.25) is 4.79 Å². The fourth-order valence-electron chi connectivity index (χ4n) is 3.84. The molecule has 0 aliphatic heterocycles. The highest BCUT2D eigenvalue weighted by atomic mass is 16.1. The number of carbonyl (C=O) groups is 1. The lowest BCUT2D eigenvalue weighted by Crippen LogP contribution is -2.46. The first-order valence-electron chi connectivity index (χ1n) is 9.49. The minimum atomic E-state index is 0.0659. The van der Waals surface area contributed by atoms with Crippen LogP contribution in [-0.2, 0) is 4.79 Å². The van der Waals surface area contributed by atoms with Crippen molar-refractivity contribution in [3.8, 4) is 0 Å². The molecule has 1 saturated carbocycles. The van der Waals surface area contributed by atoms with Crippen LogP contribution in [0.25, 0.3) is 0 Å². The zero-order valence-electron chi connectivity index (χ0n) is 17.2. The van der Waals surface area contributed by atoms with Gasteiger partial charge >= 0.3 is 0 Å². The number of allylic oxidation sites excluding steroid dienone is 6. The molecule has 1 nitrogen and oxygen atoms in total. The molecule has 0 spiro atoms. The summed E-state index contributed by atoms with van der Waals surface area (Å²) < 4.78 is 0. The Hall–Kier alpha value is -1.11. The lowest BCUT2D eigenvalue weighted by atomic mass is 9.56. The molecule has 1 rings (SSSR count). The summed E-state index contributed by atoms with van der Waals surface area (Å²) >= 11 is 0. The average molecular weight is 331 g/mol. The van der Waals surface area contributed by atoms with Gasteiger partial charge in [0.15, 0.2) is 0 Å². The van der Waals surface area contributed by atoms with E-state index in [4.69, 9.17) is 0 Å². The second-order valence-electron chi connectivity index (χ2n) is 8.96. The summed E-state index contributed by atoms with van der Waals surface area (Å²) in [6.07, 6.45) is 10.8. The Balaban J connectivity index is 3.11. The summed E-state index contributed by atoms with van der Waals surface area (Å²) in [6.45, 7) is 17.5. The second kappa shape index (κ2) is 8.83. The highest BCUT2D eigenvalue weighted by molar-refractivity contribution is 5.85. The molecule has 1 fully saturated rings. The van der Waals surface area contributed by atoms with Crippen LogP contribution in [-0.4, -0.2) is 5.78 Å². The van der Waals surface area contributed by atoms with Gasteiger partial charge in [-0.2, -0.15) is 0 Å². The molecule has 3 atom stereocenters. The number of rotatable bonds is 6. The molecule has 136 valence electrons. The predicted octanol–water partition coefficient (Wildman–Crippen LogP) is 6.90. The lowest BCUT2D eigenvalue weighted by Gasteiger charge is -2.47. The smallest absolute Gasteiger partial charge is 0.140 e. The lowest BCUT2D eigenvalue weighted by molar-refractivity contribution is -0.138. The van der Waals surface area contributed by atoms with Crippen LogP contribution in [0.15, 0.2) is 34.9 Å². The summed E-state index contributed by atoms with van der Waals surface area (Å²) in [4.78, 5) is 13.2. The molecule has 1 heteroatoms. The number of hydrogen-bond donors (Lipinski definition) is 0. The molecule has 0 aromatic carbocycles. The van der Waals surface area contributed by atoms with Crippen molar-refractivity contribution in [2.24, 2.45) is 23.2 Å². The Bertz CT molecular complexity index is 518. The van der Waals surface area contributed by atoms with E-state index < -0.39 is 0 Å². The van der Waals surface area contributed by atoms with Gasteiger partial charge in [-0.15, -0.1) is 0 Å². The Morgan fingerprint density at radius 2 is 1.33 bits per heavy atom. The molecule has 1 aliphatic rings. The van der Waals surface area contributed by atoms with E-state index in [1.165, 1.54) is 16.7 Å². The molecular weight excluding hydrogens is 292 g/mol. The summed E-state index contributed by atoms with van der Waals surface area (Å²) in [5, 5.41) is 0. The summed E-state index contributed by atoms with van der Waals surface area (Å²) in [6, 6.07) is 0. The minimum absolute atomic E-state index is 0.0659. The van der Waals surface area contributed by atoms with Gasteiger partial charge in [0, 0.05) is 11.8 Å². The van der Waals surface area contributed by atoms with Crippen LogP contribution in [0.2, 0.25) is 0 Å². The van der Waals surface area contributed by atoms with Gasteiger partial charge in [0.25, 0.3) is 0 Å². The van der Waals surface area contributed by atoms with Crippen molar-refractivity contribution in [1.82, 2.24) is 0 Å². The first-order valence-corrected chi connectivity index (χ1v) is 9.49. The van der Waals surface area contributed by atoms with Crippen LogP contribution in [0.1, 0.15) is 81.1 Å². The van der Waals surface area contributed by atoms with Crippen molar-refractivity contribution in [2.45, 2.75) is 81.1 Å². The van der Waals surface area contributed by atoms with Gasteiger partial charge in [0.05, 0.1) is 0 Å². The van der Waals surface area contributed by atoms with E-state index in [9.17, 15) is 4.79 Å². The van der Waals surface area contributed by atoms with E-state index in [0.717, 1.165) is 25.7 Å². The number of carbonyl (C=O) groups excluding carboxylic acids is 1. The first-order chi connectivity index (χ1) is 11.1. The SMILES string of the molecule is CC(C)=CC[C@H]1C[C@H](CC=C(C)C)C(C)(C)[C@H](CC=C(C)C)C1=O. The summed E-state index contributed by atoms with van der Waals surface area (Å²) in [5.74, 6) is 1.41. The fraction of sp³-hybridized carbons (Fsp3) is 0.696. The largest absolute Gasteiger partial charge is 0.299 e. The van der Waals surface area contributed by atoms with E-state index in [1.807, 2.05) is 0 Å². The van der Waals surface area contributed by atoms with Gasteiger partial charge in [0.2, 0.25) is 0 Å². The molecule has 0 saturated heterocycles. The van der Waals surface area contributed by atoms with Crippen molar-refractivity contribution in [1.29, 1.82) is 0 Å². The van der Waals surface area contributed by atoms with E-state index >= 15 is 0 Å². The normalized spacial score (nSPS) is 25.8. The quantitative estimate of drug-likeness (QED) is 0.484. The van der Waals surface area contributed by atoms with Gasteiger partial charge in [0.1, 0.15) is 5.78 Å². The highest BCUT2D eigenvalue weighted by Gasteiger charge is 2.47. The van der Waals surface area contributed by atoms with E-state index in [2.05, 4.69) is 73.6 Å². The fourth-order valence-corrected chi connectivity index (χ4v) is 3.84. The molecule has 0 aromatic heterocycles. The van der Waals surface area contributed by atoms with Crippen LogP contribution < -0.4 is 0 Å². The second-order valence-corrected chi connectivity index (χ2v) is 8.96. The van der Waals surface area contributed by atoms with Crippen molar-refractivity contribution < 1.29 is 4.79 Å². The Labute approximate surface area is 150 Å². The van der Waals surface area contributed by atoms with Crippen molar-refractivity contribution in [2.75, 3.05) is 0 Å². The van der Waals surface area contributed by atoms with E-state index in [1.54, 1.807) is 0 Å². The third-order valence-corrected chi connectivity index (χ3v) is 5.65. The third-order valence-electron chi connectivity index (χ3n) is 5.65. The molecule has 0 bridgehead atoms. The predicted molar refractivity (Wildman–Crippen MR) is 106 cm³/mol. The zero-order valence-corrected chi connectivity index (χ0v) is 17.2. The maximum Gasteiger partial charge on any atom is 0.140 e. The van der Waals surface area contributed by atoms with Gasteiger partial charge < -0.3 is 0 Å². The van der Waals surface area contributed by atoms with E-state index in [0.29, 0.717) is 11.7 Å². The number of hydrogen-bond acceptors (Lipinski definition) is 1. The summed E-state index contributed by atoms with van der Waals surface area (Å²) in [5.41, 5.74) is 4.07. The molecule has 0 amide bonds.